The van der Waals surface area contributed by atoms with Crippen LogP contribution in [0.15, 0.2) is 34.3 Å². The highest BCUT2D eigenvalue weighted by Crippen LogP contribution is 2.36. The summed E-state index contributed by atoms with van der Waals surface area (Å²) in [4.78, 5) is 61.6. The van der Waals surface area contributed by atoms with Gasteiger partial charge in [-0.25, -0.2) is 9.79 Å². The summed E-state index contributed by atoms with van der Waals surface area (Å²) in [7, 11) is 0. The number of fused-ring (bicyclic) bond motifs is 1. The number of hydrogen-bond donors (Lipinski definition) is 1. The first-order chi connectivity index (χ1) is 14.8. The predicted molar refractivity (Wildman–Crippen MR) is 115 cm³/mol. The highest BCUT2D eigenvalue weighted by molar-refractivity contribution is 6.21. The zero-order valence-electron chi connectivity index (χ0n) is 17.8. The number of amidine groups is 1. The molecule has 0 aromatic carbocycles. The van der Waals surface area contributed by atoms with E-state index in [2.05, 4.69) is 22.2 Å². The molecule has 1 atom stereocenters. The van der Waals surface area contributed by atoms with Crippen LogP contribution in [0.3, 0.4) is 0 Å². The summed E-state index contributed by atoms with van der Waals surface area (Å²) in [5.41, 5.74) is -0.272. The maximum absolute atomic E-state index is 13.0. The van der Waals surface area contributed by atoms with Gasteiger partial charge in [-0.15, -0.1) is 0 Å². The molecule has 1 spiro atoms. The minimum atomic E-state index is -0.872. The number of likely N-dealkylation sites (N-methyl/N-ethyl adjacent to an activating group) is 1. The van der Waals surface area contributed by atoms with Gasteiger partial charge in [0.15, 0.2) is 5.84 Å². The Bertz CT molecular complexity index is 940. The van der Waals surface area contributed by atoms with Crippen molar-refractivity contribution in [2.45, 2.75) is 45.1 Å². The fraction of sp³-hybridized carbons (Fsp3) is 0.545. The number of urea groups is 1. The molecule has 0 aromatic rings. The van der Waals surface area contributed by atoms with E-state index in [-0.39, 0.29) is 36.6 Å². The fourth-order valence-corrected chi connectivity index (χ4v) is 4.48. The molecule has 1 N–H and O–H groups in total. The highest BCUT2D eigenvalue weighted by atomic mass is 16.2. The number of aliphatic imine (C=N–C) groups is 2. The Morgan fingerprint density at radius 2 is 1.97 bits per heavy atom. The minimum absolute atomic E-state index is 0.0428. The van der Waals surface area contributed by atoms with Crippen molar-refractivity contribution in [1.29, 1.82) is 0 Å². The minimum Gasteiger partial charge on any atom is -0.334 e. The van der Waals surface area contributed by atoms with Crippen LogP contribution in [0.4, 0.5) is 4.79 Å². The summed E-state index contributed by atoms with van der Waals surface area (Å²) in [6.45, 7) is 3.97. The lowest BCUT2D eigenvalue weighted by molar-refractivity contribution is -0.139. The van der Waals surface area contributed by atoms with Gasteiger partial charge in [-0.1, -0.05) is 25.2 Å². The van der Waals surface area contributed by atoms with Crippen LogP contribution < -0.4 is 5.32 Å². The van der Waals surface area contributed by atoms with Crippen molar-refractivity contribution in [3.63, 3.8) is 0 Å². The molecular formula is C22H27N5O4. The van der Waals surface area contributed by atoms with Crippen LogP contribution in [-0.2, 0) is 14.4 Å². The van der Waals surface area contributed by atoms with Gasteiger partial charge in [0, 0.05) is 6.54 Å². The number of nitrogens with zero attached hydrogens (tertiary/aromatic N) is 4. The molecule has 2 heterocycles. The van der Waals surface area contributed by atoms with Crippen LogP contribution >= 0.6 is 0 Å². The Balaban J connectivity index is 1.43. The molecule has 164 valence electrons. The number of carbonyl (C=O) groups is 4. The number of amides is 5. The van der Waals surface area contributed by atoms with Crippen molar-refractivity contribution >= 4 is 35.3 Å². The van der Waals surface area contributed by atoms with E-state index in [1.165, 1.54) is 4.90 Å². The first-order valence-electron chi connectivity index (χ1n) is 10.8. The third-order valence-corrected chi connectivity index (χ3v) is 6.50. The van der Waals surface area contributed by atoms with Gasteiger partial charge in [0.1, 0.15) is 18.0 Å². The SMILES string of the molecule is CCN(CC1=NC(=O)C2C=CC=CC2=N1)C(=O)CN1C(=O)NC2(CCC(C)CC2)C1=O. The van der Waals surface area contributed by atoms with E-state index in [9.17, 15) is 19.2 Å². The Morgan fingerprint density at radius 1 is 1.23 bits per heavy atom. The molecule has 1 saturated heterocycles. The molecule has 4 rings (SSSR count). The largest absolute Gasteiger partial charge is 0.334 e. The van der Waals surface area contributed by atoms with Gasteiger partial charge in [0.05, 0.1) is 12.3 Å². The van der Waals surface area contributed by atoms with Crippen LogP contribution in [-0.4, -0.2) is 70.3 Å². The van der Waals surface area contributed by atoms with Crippen molar-refractivity contribution in [3.8, 4) is 0 Å². The van der Waals surface area contributed by atoms with E-state index in [4.69, 9.17) is 0 Å². The molecule has 4 aliphatic rings. The third kappa shape index (κ3) is 3.96. The average Bonchev–Trinajstić information content (AvgIpc) is 2.98. The maximum atomic E-state index is 13.0. The Kier molecular flexibility index (Phi) is 5.60. The quantitative estimate of drug-likeness (QED) is 0.672. The van der Waals surface area contributed by atoms with Crippen molar-refractivity contribution in [2.24, 2.45) is 21.8 Å². The van der Waals surface area contributed by atoms with E-state index in [1.807, 2.05) is 0 Å². The molecule has 2 aliphatic heterocycles. The smallest absolute Gasteiger partial charge is 0.325 e. The predicted octanol–water partition coefficient (Wildman–Crippen LogP) is 1.46. The van der Waals surface area contributed by atoms with Crippen molar-refractivity contribution < 1.29 is 19.2 Å². The number of nitrogens with one attached hydrogen (secondary N) is 1. The van der Waals surface area contributed by atoms with Crippen LogP contribution in [0.2, 0.25) is 0 Å². The lowest BCUT2D eigenvalue weighted by Crippen LogP contribution is -2.50. The number of allylic oxidation sites excluding steroid dienone is 3. The molecular weight excluding hydrogens is 398 g/mol. The van der Waals surface area contributed by atoms with Gasteiger partial charge in [-0.3, -0.25) is 19.3 Å². The van der Waals surface area contributed by atoms with Crippen LogP contribution in [0.5, 0.6) is 0 Å². The molecule has 0 aromatic heterocycles. The number of carbonyl (C=O) groups excluding carboxylic acids is 4. The molecule has 1 unspecified atom stereocenters. The molecule has 9 heteroatoms. The van der Waals surface area contributed by atoms with Crippen molar-refractivity contribution in [1.82, 2.24) is 15.1 Å². The third-order valence-electron chi connectivity index (χ3n) is 6.50. The number of hydrogen-bond acceptors (Lipinski definition) is 5. The summed E-state index contributed by atoms with van der Waals surface area (Å²) >= 11 is 0. The van der Waals surface area contributed by atoms with Gasteiger partial charge >= 0.3 is 6.03 Å². The maximum Gasteiger partial charge on any atom is 0.325 e. The zero-order chi connectivity index (χ0) is 22.2. The molecule has 5 amide bonds. The second-order valence-electron chi connectivity index (χ2n) is 8.62. The lowest BCUT2D eigenvalue weighted by Gasteiger charge is -2.33. The first kappa shape index (κ1) is 21.1. The van der Waals surface area contributed by atoms with Gasteiger partial charge in [0.25, 0.3) is 11.8 Å². The highest BCUT2D eigenvalue weighted by Gasteiger charge is 2.52. The lowest BCUT2D eigenvalue weighted by atomic mass is 9.77. The number of rotatable bonds is 5. The number of imide groups is 1. The van der Waals surface area contributed by atoms with E-state index in [1.54, 1.807) is 31.2 Å². The fourth-order valence-electron chi connectivity index (χ4n) is 4.48. The van der Waals surface area contributed by atoms with Crippen molar-refractivity contribution in [3.05, 3.63) is 24.3 Å². The second-order valence-corrected chi connectivity index (χ2v) is 8.62. The van der Waals surface area contributed by atoms with Crippen molar-refractivity contribution in [2.75, 3.05) is 19.6 Å². The Morgan fingerprint density at radius 3 is 2.68 bits per heavy atom. The molecule has 0 radical (unpaired) electrons. The standard InChI is InChI=1S/C22H27N5O4/c1-3-26(12-17-23-16-7-5-4-6-15(16)19(29)24-17)18(28)13-27-20(30)22(25-21(27)31)10-8-14(2)9-11-22/h4-7,14-15H,3,8-13H2,1-2H3,(H,25,31). The first-order valence-corrected chi connectivity index (χ1v) is 10.8. The molecule has 0 bridgehead atoms. The molecule has 2 aliphatic carbocycles. The second kappa shape index (κ2) is 8.20. The van der Waals surface area contributed by atoms with Crippen LogP contribution in [0.1, 0.15) is 39.5 Å². The molecule has 31 heavy (non-hydrogen) atoms. The van der Waals surface area contributed by atoms with Gasteiger partial charge in [-0.2, -0.15) is 4.99 Å². The van der Waals surface area contributed by atoms with Gasteiger partial charge < -0.3 is 10.2 Å². The van der Waals surface area contributed by atoms with Crippen LogP contribution in [0, 0.1) is 11.8 Å². The summed E-state index contributed by atoms with van der Waals surface area (Å²) in [6, 6.07) is -0.517. The molecule has 2 fully saturated rings. The monoisotopic (exact) mass is 425 g/mol. The average molecular weight is 425 g/mol. The van der Waals surface area contributed by atoms with E-state index >= 15 is 0 Å². The summed E-state index contributed by atoms with van der Waals surface area (Å²) in [5, 5.41) is 2.83. The van der Waals surface area contributed by atoms with E-state index in [0.717, 1.165) is 17.7 Å². The summed E-state index contributed by atoms with van der Waals surface area (Å²) in [5.74, 6) is -0.714. The summed E-state index contributed by atoms with van der Waals surface area (Å²) in [6.07, 6.45) is 10.0. The van der Waals surface area contributed by atoms with Crippen LogP contribution in [0.25, 0.3) is 0 Å². The molecule has 1 saturated carbocycles. The van der Waals surface area contributed by atoms with E-state index < -0.39 is 17.5 Å². The van der Waals surface area contributed by atoms with Gasteiger partial charge in [-0.05, 0) is 44.6 Å². The normalized spacial score (nSPS) is 29.6. The van der Waals surface area contributed by atoms with E-state index in [0.29, 0.717) is 31.0 Å². The Labute approximate surface area is 181 Å². The Hall–Kier alpha value is -3.10. The van der Waals surface area contributed by atoms with Gasteiger partial charge in [0.2, 0.25) is 5.91 Å². The zero-order valence-corrected chi connectivity index (χ0v) is 17.8. The summed E-state index contributed by atoms with van der Waals surface area (Å²) < 4.78 is 0. The molecule has 9 nitrogen and oxygen atoms in total. The topological polar surface area (TPSA) is 112 Å².